The maximum atomic E-state index is 8.14. The van der Waals surface area contributed by atoms with Gasteiger partial charge in [-0.05, 0) is 169 Å². The minimum atomic E-state index is -0.325. The first-order valence-electron chi connectivity index (χ1n) is 43.8. The van der Waals surface area contributed by atoms with E-state index in [0.29, 0.717) is 0 Å². The van der Waals surface area contributed by atoms with Gasteiger partial charge in [0.1, 0.15) is 23.0 Å². The Morgan fingerprint density at radius 2 is 0.492 bits per heavy atom. The van der Waals surface area contributed by atoms with Crippen molar-refractivity contribution in [2.45, 2.75) is 157 Å². The number of para-hydroxylation sites is 2. The first kappa shape index (κ1) is 76.6. The summed E-state index contributed by atoms with van der Waals surface area (Å²) in [6.45, 7) is 41.4. The summed E-state index contributed by atoms with van der Waals surface area (Å²) < 4.78 is 21.4. The zero-order valence-electron chi connectivity index (χ0n) is 73.6. The molecule has 4 aliphatic heterocycles. The molecule has 598 valence electrons. The van der Waals surface area contributed by atoms with Crippen molar-refractivity contribution in [3.8, 4) is 78.9 Å². The van der Waals surface area contributed by atoms with Crippen molar-refractivity contribution in [3.05, 3.63) is 337 Å². The molecule has 122 heavy (non-hydrogen) atoms. The lowest BCUT2D eigenvalue weighted by Gasteiger charge is -2.44. The van der Waals surface area contributed by atoms with Crippen LogP contribution >= 0.6 is 0 Å². The lowest BCUT2D eigenvalue weighted by atomic mass is 9.31. The van der Waals surface area contributed by atoms with E-state index >= 15 is 0 Å². The number of aromatic nitrogens is 2. The minimum Gasteiger partial charge on any atom is -0.458 e. The third-order valence-corrected chi connectivity index (χ3v) is 26.7. The van der Waals surface area contributed by atoms with Crippen LogP contribution in [0.5, 0.6) is 23.0 Å². The molecule has 0 amide bonds. The van der Waals surface area contributed by atoms with Gasteiger partial charge < -0.3 is 28.4 Å². The summed E-state index contributed by atoms with van der Waals surface area (Å²) in [6, 6.07) is 116. The molecule has 8 heteroatoms. The Morgan fingerprint density at radius 3 is 0.770 bits per heavy atom. The number of hydrogen-bond donors (Lipinski definition) is 0. The number of rotatable bonds is 8. The van der Waals surface area contributed by atoms with Gasteiger partial charge in [0.05, 0.1) is 44.8 Å². The van der Waals surface area contributed by atoms with Crippen molar-refractivity contribution in [2.75, 3.05) is 9.80 Å². The van der Waals surface area contributed by atoms with Crippen LogP contribution in [0, 0.1) is 0 Å². The number of anilines is 6. The molecule has 17 aromatic rings. The van der Waals surface area contributed by atoms with Crippen molar-refractivity contribution >= 4 is 124 Å². The molecule has 0 aliphatic carbocycles. The van der Waals surface area contributed by atoms with Crippen LogP contribution < -0.4 is 52.1 Å². The van der Waals surface area contributed by atoms with Crippen LogP contribution in [0.3, 0.4) is 0 Å². The van der Waals surface area contributed by atoms with Gasteiger partial charge in [0, 0.05) is 84.7 Å². The normalized spacial score (nSPS) is 13.7. The molecule has 0 bridgehead atoms. The molecule has 2 aromatic heterocycles. The Labute approximate surface area is 720 Å². The van der Waals surface area contributed by atoms with E-state index in [1.807, 2.05) is 0 Å². The molecule has 0 saturated carbocycles. The predicted octanol–water partition coefficient (Wildman–Crippen LogP) is 27.1. The Balaban J connectivity index is 0.884. The molecule has 6 nitrogen and oxygen atoms in total. The molecule has 0 unspecified atom stereocenters. The summed E-state index contributed by atoms with van der Waals surface area (Å²) in [5.41, 5.74) is 35.6. The van der Waals surface area contributed by atoms with Crippen LogP contribution in [-0.2, 0) is 32.5 Å². The van der Waals surface area contributed by atoms with Crippen molar-refractivity contribution in [2.24, 2.45) is 0 Å². The minimum absolute atomic E-state index is 0.134. The monoisotopic (exact) mass is 1580 g/mol. The van der Waals surface area contributed by atoms with E-state index in [2.05, 4.69) is 447 Å². The molecule has 0 saturated heterocycles. The van der Waals surface area contributed by atoms with Crippen LogP contribution in [0.1, 0.15) is 158 Å². The molecule has 0 spiro atoms. The Kier molecular flexibility index (Phi) is 17.2. The average molecular weight is 1580 g/mol. The SMILES string of the molecule is CC(C)(C)c1ccc2c(c1)N(c1c(-c3ccccc3)cccc1-c1ccccc1)c1cc(-n3c4cc(C(C)(C)C)ccc4c4ccc(C(C)(C)C)cc43)cc3c1B2c1cc2c(cc1O3)Oc1cc(-n3c4cc(C(C)(C)C)ccc4c4ccc(C(C)(C)C)cc43)cc3c1B2c1ccc(C(C)(C)C)cc1N3c1c(-c2ccccc2)cccc1-c1ccccc1. The van der Waals surface area contributed by atoms with Crippen molar-refractivity contribution in [1.29, 1.82) is 0 Å². The lowest BCUT2D eigenvalue weighted by molar-refractivity contribution is 0.465. The first-order chi connectivity index (χ1) is 58.3. The van der Waals surface area contributed by atoms with Gasteiger partial charge in [0.25, 0.3) is 13.4 Å². The Morgan fingerprint density at radius 1 is 0.221 bits per heavy atom. The highest BCUT2D eigenvalue weighted by molar-refractivity contribution is 7.02. The second-order valence-corrected chi connectivity index (χ2v) is 40.9. The van der Waals surface area contributed by atoms with E-state index in [0.717, 1.165) is 157 Å². The van der Waals surface area contributed by atoms with Gasteiger partial charge in [-0.1, -0.05) is 361 Å². The molecular formula is C114H104B2N4O2. The standard InChI is InChI=1S/C114H104B2N4O2/c1-109(2,3)73-45-51-85-86-52-46-74(110(4,5)6)58-94(86)117(93(85)57-73)79-63-99-105-103(65-79)121-101-68-102-92(67-91(101)115(105)89-55-49-77(113(13,14)15)61-97(89)119(99)107-81(69-33-23-19-24-34-69)41-31-42-82(107)70-35-25-20-26-36-70)116-90-56-50-78(114(16,17)18)62-98(90)120(108-83(71-37-27-21-28-38-71)43-32-44-84(108)72-39-29-22-30-40-72)100-64-80(66-104(122-102)106(100)116)118-95-59-75(111(7,8)9)47-53-87(95)88-54-48-76(60-96(88)118)112(10,11)12/h19-68H,1-18H3. The number of benzene rings is 15. The van der Waals surface area contributed by atoms with Gasteiger partial charge in [0.15, 0.2) is 0 Å². The van der Waals surface area contributed by atoms with Gasteiger partial charge in [-0.15, -0.1) is 0 Å². The highest BCUT2D eigenvalue weighted by Gasteiger charge is 2.49. The molecule has 0 fully saturated rings. The maximum absolute atomic E-state index is 8.14. The van der Waals surface area contributed by atoms with Gasteiger partial charge >= 0.3 is 0 Å². The summed E-state index contributed by atoms with van der Waals surface area (Å²) in [6.07, 6.45) is 0. The number of nitrogens with zero attached hydrogens (tertiary/aromatic N) is 4. The van der Waals surface area contributed by atoms with Crippen LogP contribution in [0.15, 0.2) is 303 Å². The van der Waals surface area contributed by atoms with Crippen molar-refractivity contribution in [3.63, 3.8) is 0 Å². The third kappa shape index (κ3) is 12.3. The smallest absolute Gasteiger partial charge is 0.256 e. The Hall–Kier alpha value is -12.8. The molecule has 0 atom stereocenters. The number of ether oxygens (including phenoxy) is 2. The summed E-state index contributed by atoms with van der Waals surface area (Å²) in [5.74, 6) is 3.13. The third-order valence-electron chi connectivity index (χ3n) is 26.7. The van der Waals surface area contributed by atoms with Gasteiger partial charge in [-0.2, -0.15) is 0 Å². The Bertz CT molecular complexity index is 6510. The van der Waals surface area contributed by atoms with E-state index in [9.17, 15) is 0 Å². The van der Waals surface area contributed by atoms with Crippen LogP contribution in [0.2, 0.25) is 0 Å². The molecule has 0 N–H and O–H groups in total. The van der Waals surface area contributed by atoms with Crippen LogP contribution in [0.25, 0.3) is 99.5 Å². The fourth-order valence-corrected chi connectivity index (χ4v) is 20.1. The quantitative estimate of drug-likeness (QED) is 0.142. The molecule has 15 aromatic carbocycles. The average Bonchev–Trinajstić information content (AvgIpc) is 0.789. The second kappa shape index (κ2) is 27.4. The summed E-state index contributed by atoms with van der Waals surface area (Å²) in [5, 5.41) is 4.83. The van der Waals surface area contributed by atoms with E-state index < -0.39 is 0 Å². The topological polar surface area (TPSA) is 34.8 Å². The van der Waals surface area contributed by atoms with E-state index in [1.165, 1.54) is 65.9 Å². The molecule has 4 aliphatic rings. The second-order valence-electron chi connectivity index (χ2n) is 40.9. The largest absolute Gasteiger partial charge is 0.458 e. The van der Waals surface area contributed by atoms with Crippen molar-refractivity contribution < 1.29 is 9.47 Å². The highest BCUT2D eigenvalue weighted by atomic mass is 16.5. The lowest BCUT2D eigenvalue weighted by Crippen LogP contribution is -2.63. The first-order valence-corrected chi connectivity index (χ1v) is 43.8. The molecular weight excluding hydrogens is 1480 g/mol. The summed E-state index contributed by atoms with van der Waals surface area (Å²) >= 11 is 0. The van der Waals surface area contributed by atoms with Crippen molar-refractivity contribution in [1.82, 2.24) is 9.13 Å². The van der Waals surface area contributed by atoms with Gasteiger partial charge in [0.2, 0.25) is 0 Å². The summed E-state index contributed by atoms with van der Waals surface area (Å²) in [4.78, 5) is 5.31. The van der Waals surface area contributed by atoms with Gasteiger partial charge in [-0.25, -0.2) is 0 Å². The zero-order valence-corrected chi connectivity index (χ0v) is 73.6. The van der Waals surface area contributed by atoms with E-state index in [-0.39, 0.29) is 45.9 Å². The molecule has 0 radical (unpaired) electrons. The molecule has 21 rings (SSSR count). The number of hydrogen-bond acceptors (Lipinski definition) is 4. The van der Waals surface area contributed by atoms with E-state index in [1.54, 1.807) is 0 Å². The maximum Gasteiger partial charge on any atom is 0.256 e. The highest BCUT2D eigenvalue weighted by Crippen LogP contribution is 2.55. The number of fused-ring (bicyclic) bond motifs is 14. The van der Waals surface area contributed by atoms with Gasteiger partial charge in [-0.3, -0.25) is 0 Å². The van der Waals surface area contributed by atoms with Crippen LogP contribution in [-0.4, -0.2) is 22.6 Å². The van der Waals surface area contributed by atoms with E-state index in [4.69, 9.17) is 9.47 Å². The molecule has 6 heterocycles. The fourth-order valence-electron chi connectivity index (χ4n) is 20.1. The van der Waals surface area contributed by atoms with Crippen LogP contribution in [0.4, 0.5) is 34.1 Å². The summed E-state index contributed by atoms with van der Waals surface area (Å²) in [7, 11) is 0. The predicted molar refractivity (Wildman–Crippen MR) is 521 cm³/mol. The fraction of sp³-hybridized carbons (Fsp3) is 0.211. The zero-order chi connectivity index (χ0) is 84.3.